The quantitative estimate of drug-likeness (QED) is 0.697. The first-order chi connectivity index (χ1) is 12.0. The van der Waals surface area contributed by atoms with Crippen LogP contribution in [0.15, 0.2) is 41.1 Å². The van der Waals surface area contributed by atoms with E-state index in [1.807, 2.05) is 0 Å². The molecule has 0 aliphatic carbocycles. The van der Waals surface area contributed by atoms with Crippen LogP contribution in [0.5, 0.6) is 0 Å². The number of furan rings is 1. The number of fused-ring (bicyclic) bond motifs is 1. The number of hydrogen-bond donors (Lipinski definition) is 2. The molecule has 0 saturated heterocycles. The summed E-state index contributed by atoms with van der Waals surface area (Å²) in [4.78, 5) is 27.4. The van der Waals surface area contributed by atoms with Crippen molar-refractivity contribution in [2.24, 2.45) is 0 Å². The molecule has 0 radical (unpaired) electrons. The van der Waals surface area contributed by atoms with E-state index in [2.05, 4.69) is 10.3 Å². The van der Waals surface area contributed by atoms with Crippen LogP contribution >= 0.6 is 0 Å². The van der Waals surface area contributed by atoms with E-state index >= 15 is 0 Å². The second-order valence-electron chi connectivity index (χ2n) is 5.65. The zero-order chi connectivity index (χ0) is 18.0. The van der Waals surface area contributed by atoms with Gasteiger partial charge in [-0.2, -0.15) is 0 Å². The van der Waals surface area contributed by atoms with E-state index in [4.69, 9.17) is 9.15 Å². The highest BCUT2D eigenvalue weighted by atomic mass is 19.1. The Kier molecular flexibility index (Phi) is 4.56. The Bertz CT molecular complexity index is 928. The number of carbonyl (C=O) groups excluding carboxylic acids is 2. The highest BCUT2D eigenvalue weighted by molar-refractivity contribution is 5.97. The number of benzene rings is 1. The number of carbonyl (C=O) groups is 2. The molecule has 25 heavy (non-hydrogen) atoms. The molecule has 1 aromatic carbocycles. The molecule has 6 nitrogen and oxygen atoms in total. The third-order valence-electron chi connectivity index (χ3n) is 4.05. The van der Waals surface area contributed by atoms with Crippen LogP contribution in [-0.2, 0) is 16.0 Å². The van der Waals surface area contributed by atoms with Crippen LogP contribution in [0.2, 0.25) is 0 Å². The number of aromatic amines is 1. The summed E-state index contributed by atoms with van der Waals surface area (Å²) in [5.41, 5.74) is 1.75. The van der Waals surface area contributed by atoms with Crippen molar-refractivity contribution in [3.8, 4) is 0 Å². The molecule has 0 bridgehead atoms. The molecule has 0 spiro atoms. The summed E-state index contributed by atoms with van der Waals surface area (Å²) >= 11 is 0. The molecule has 2 N–H and O–H groups in total. The minimum absolute atomic E-state index is 0.209. The minimum Gasteiger partial charge on any atom is -0.469 e. The van der Waals surface area contributed by atoms with Gasteiger partial charge in [0.15, 0.2) is 0 Å². The Balaban J connectivity index is 1.84. The Labute approximate surface area is 143 Å². The summed E-state index contributed by atoms with van der Waals surface area (Å²) in [6.07, 6.45) is 3.31. The number of esters is 1. The van der Waals surface area contributed by atoms with Gasteiger partial charge in [-0.3, -0.25) is 4.79 Å². The highest BCUT2D eigenvalue weighted by Crippen LogP contribution is 2.21. The van der Waals surface area contributed by atoms with Crippen LogP contribution in [0.1, 0.15) is 21.7 Å². The van der Waals surface area contributed by atoms with Crippen molar-refractivity contribution in [2.75, 3.05) is 7.11 Å². The molecule has 1 atom stereocenters. The predicted molar refractivity (Wildman–Crippen MR) is 88.7 cm³/mol. The fourth-order valence-corrected chi connectivity index (χ4v) is 2.74. The standard InChI is InChI=1S/C18H17FN2O4/c1-10-13(5-6-25-10)17(22)21-16(18(23)24-2)7-11-9-20-15-8-12(19)3-4-14(11)15/h3-6,8-9,16,20H,7H2,1-2H3,(H,21,22)/t16-/m0/s1. The third kappa shape index (κ3) is 3.40. The largest absolute Gasteiger partial charge is 0.469 e. The van der Waals surface area contributed by atoms with Crippen molar-refractivity contribution < 1.29 is 23.1 Å². The van der Waals surface area contributed by atoms with Crippen LogP contribution in [0.4, 0.5) is 4.39 Å². The predicted octanol–water partition coefficient (Wildman–Crippen LogP) is 2.72. The summed E-state index contributed by atoms with van der Waals surface area (Å²) in [6, 6.07) is 5.01. The lowest BCUT2D eigenvalue weighted by Crippen LogP contribution is -2.43. The number of aryl methyl sites for hydroxylation is 1. The second kappa shape index (κ2) is 6.80. The van der Waals surface area contributed by atoms with Crippen LogP contribution in [0.25, 0.3) is 10.9 Å². The average Bonchev–Trinajstić information content (AvgIpc) is 3.19. The van der Waals surface area contributed by atoms with E-state index in [0.717, 1.165) is 10.9 Å². The van der Waals surface area contributed by atoms with Crippen molar-refractivity contribution >= 4 is 22.8 Å². The van der Waals surface area contributed by atoms with Crippen LogP contribution in [-0.4, -0.2) is 30.0 Å². The number of rotatable bonds is 5. The van der Waals surface area contributed by atoms with Gasteiger partial charge in [-0.1, -0.05) is 0 Å². The summed E-state index contributed by atoms with van der Waals surface area (Å²) in [7, 11) is 1.26. The summed E-state index contributed by atoms with van der Waals surface area (Å²) in [5, 5.41) is 3.45. The van der Waals surface area contributed by atoms with Gasteiger partial charge >= 0.3 is 5.97 Å². The maximum absolute atomic E-state index is 13.3. The first-order valence-electron chi connectivity index (χ1n) is 7.68. The molecule has 0 saturated carbocycles. The fraction of sp³-hybridized carbons (Fsp3) is 0.222. The van der Waals surface area contributed by atoms with Crippen molar-refractivity contribution in [2.45, 2.75) is 19.4 Å². The molecule has 0 unspecified atom stereocenters. The maximum atomic E-state index is 13.3. The Morgan fingerprint density at radius 2 is 2.16 bits per heavy atom. The van der Waals surface area contributed by atoms with Gasteiger partial charge in [0.2, 0.25) is 0 Å². The SMILES string of the molecule is COC(=O)[C@H](Cc1c[nH]c2cc(F)ccc12)NC(=O)c1ccoc1C. The Morgan fingerprint density at radius 3 is 2.84 bits per heavy atom. The Morgan fingerprint density at radius 1 is 1.36 bits per heavy atom. The molecule has 2 aromatic heterocycles. The van der Waals surface area contributed by atoms with Crippen LogP contribution in [0.3, 0.4) is 0 Å². The molecule has 0 aliphatic heterocycles. The molecule has 3 aromatic rings. The third-order valence-corrected chi connectivity index (χ3v) is 4.05. The maximum Gasteiger partial charge on any atom is 0.328 e. The first kappa shape index (κ1) is 16.8. The van der Waals surface area contributed by atoms with Gasteiger partial charge in [0.25, 0.3) is 5.91 Å². The van der Waals surface area contributed by atoms with Crippen molar-refractivity contribution in [1.82, 2.24) is 10.3 Å². The van der Waals surface area contributed by atoms with Gasteiger partial charge in [0.05, 0.1) is 18.9 Å². The van der Waals surface area contributed by atoms with Gasteiger partial charge in [-0.05, 0) is 36.8 Å². The second-order valence-corrected chi connectivity index (χ2v) is 5.65. The van der Waals surface area contributed by atoms with Gasteiger partial charge in [-0.25, -0.2) is 9.18 Å². The monoisotopic (exact) mass is 344 g/mol. The Hall–Kier alpha value is -3.09. The molecule has 1 amide bonds. The number of nitrogens with one attached hydrogen (secondary N) is 2. The summed E-state index contributed by atoms with van der Waals surface area (Å²) < 4.78 is 23.2. The van der Waals surface area contributed by atoms with E-state index in [1.165, 1.54) is 31.6 Å². The number of methoxy groups -OCH3 is 1. The van der Waals surface area contributed by atoms with Crippen molar-refractivity contribution in [3.05, 3.63) is 59.4 Å². The van der Waals surface area contributed by atoms with Gasteiger partial charge in [-0.15, -0.1) is 0 Å². The normalized spacial score (nSPS) is 12.1. The van der Waals surface area contributed by atoms with E-state index < -0.39 is 17.9 Å². The van der Waals surface area contributed by atoms with Gasteiger partial charge in [0, 0.05) is 23.5 Å². The smallest absolute Gasteiger partial charge is 0.328 e. The number of ether oxygens (including phenoxy) is 1. The molecule has 130 valence electrons. The lowest BCUT2D eigenvalue weighted by atomic mass is 10.0. The van der Waals surface area contributed by atoms with Gasteiger partial charge < -0.3 is 19.5 Å². The zero-order valence-corrected chi connectivity index (χ0v) is 13.8. The van der Waals surface area contributed by atoms with Crippen LogP contribution in [0, 0.1) is 12.7 Å². The number of halogens is 1. The van der Waals surface area contributed by atoms with E-state index in [-0.39, 0.29) is 12.2 Å². The minimum atomic E-state index is -0.879. The summed E-state index contributed by atoms with van der Waals surface area (Å²) in [5.74, 6) is -0.878. The fourth-order valence-electron chi connectivity index (χ4n) is 2.74. The highest BCUT2D eigenvalue weighted by Gasteiger charge is 2.25. The number of aromatic nitrogens is 1. The molecule has 0 fully saturated rings. The van der Waals surface area contributed by atoms with E-state index in [1.54, 1.807) is 19.2 Å². The average molecular weight is 344 g/mol. The summed E-state index contributed by atoms with van der Waals surface area (Å²) in [6.45, 7) is 1.66. The van der Waals surface area contributed by atoms with E-state index in [9.17, 15) is 14.0 Å². The number of amides is 1. The van der Waals surface area contributed by atoms with Gasteiger partial charge in [0.1, 0.15) is 17.6 Å². The zero-order valence-electron chi connectivity index (χ0n) is 13.8. The molecule has 0 aliphatic rings. The molecular weight excluding hydrogens is 327 g/mol. The lowest BCUT2D eigenvalue weighted by Gasteiger charge is -2.16. The molecule has 3 rings (SSSR count). The molecule has 7 heteroatoms. The topological polar surface area (TPSA) is 84.3 Å². The number of hydrogen-bond acceptors (Lipinski definition) is 4. The first-order valence-corrected chi connectivity index (χ1v) is 7.68. The molecular formula is C18H17FN2O4. The van der Waals surface area contributed by atoms with Crippen molar-refractivity contribution in [1.29, 1.82) is 0 Å². The lowest BCUT2D eigenvalue weighted by molar-refractivity contribution is -0.142. The number of H-pyrrole nitrogens is 1. The van der Waals surface area contributed by atoms with Crippen LogP contribution < -0.4 is 5.32 Å². The van der Waals surface area contributed by atoms with E-state index in [0.29, 0.717) is 16.8 Å². The molecule has 2 heterocycles. The van der Waals surface area contributed by atoms with Crippen molar-refractivity contribution in [3.63, 3.8) is 0 Å².